The molecule has 2 N–H and O–H groups in total. The average molecular weight is 534 g/mol. The third-order valence-corrected chi connectivity index (χ3v) is 5.46. The molecule has 0 fully saturated rings. The number of benzene rings is 2. The second kappa shape index (κ2) is 13.3. The number of unbranched alkanes of at least 4 members (excludes halogenated alkanes) is 1. The Morgan fingerprint density at radius 2 is 1.71 bits per heavy atom. The second-order valence-electron chi connectivity index (χ2n) is 9.40. The van der Waals surface area contributed by atoms with Gasteiger partial charge in [-0.3, -0.25) is 4.79 Å². The van der Waals surface area contributed by atoms with Gasteiger partial charge in [-0.1, -0.05) is 24.3 Å². The predicted molar refractivity (Wildman–Crippen MR) is 139 cm³/mol. The number of rotatable bonds is 11. The van der Waals surface area contributed by atoms with Gasteiger partial charge in [-0.25, -0.2) is 4.79 Å². The largest absolute Gasteiger partial charge is 0.488 e. The van der Waals surface area contributed by atoms with Crippen molar-refractivity contribution in [3.05, 3.63) is 58.6 Å². The van der Waals surface area contributed by atoms with Crippen LogP contribution in [0.25, 0.3) is 0 Å². The number of hydrogen-bond donors (Lipinski definition) is 2. The van der Waals surface area contributed by atoms with E-state index in [1.54, 1.807) is 20.8 Å². The van der Waals surface area contributed by atoms with Crippen molar-refractivity contribution in [2.24, 2.45) is 0 Å². The van der Waals surface area contributed by atoms with E-state index in [0.29, 0.717) is 18.7 Å². The van der Waals surface area contributed by atoms with Crippen molar-refractivity contribution < 1.29 is 19.1 Å². The lowest BCUT2D eigenvalue weighted by Crippen LogP contribution is -2.45. The number of nitrogens with zero attached hydrogens (tertiary/aromatic N) is 1. The van der Waals surface area contributed by atoms with Gasteiger partial charge in [-0.05, 0) is 106 Å². The second-order valence-corrected chi connectivity index (χ2v) is 10.3. The third-order valence-electron chi connectivity index (χ3n) is 4.81. The topological polar surface area (TPSA) is 79.9 Å². The number of anilines is 1. The van der Waals surface area contributed by atoms with Crippen molar-refractivity contribution in [3.8, 4) is 5.75 Å². The van der Waals surface area contributed by atoms with E-state index in [-0.39, 0.29) is 5.91 Å². The summed E-state index contributed by atoms with van der Waals surface area (Å²) in [4.78, 5) is 27.3. The Labute approximate surface area is 211 Å². The molecule has 0 radical (unpaired) electrons. The van der Waals surface area contributed by atoms with Crippen LogP contribution in [0.5, 0.6) is 5.75 Å². The highest BCUT2D eigenvalue weighted by Gasteiger charge is 2.24. The molecule has 0 saturated carbocycles. The van der Waals surface area contributed by atoms with Crippen LogP contribution in [0, 0.1) is 0 Å². The summed E-state index contributed by atoms with van der Waals surface area (Å²) in [5, 5.41) is 5.63. The highest BCUT2D eigenvalue weighted by molar-refractivity contribution is 9.10. The smallest absolute Gasteiger partial charge is 0.408 e. The van der Waals surface area contributed by atoms with Crippen molar-refractivity contribution in [3.63, 3.8) is 0 Å². The number of carbonyl (C=O) groups excluding carboxylic acids is 2. The Hall–Kier alpha value is -2.58. The molecule has 0 aromatic heterocycles. The molecule has 2 rings (SSSR count). The first-order chi connectivity index (χ1) is 16.0. The maximum atomic E-state index is 13.0. The van der Waals surface area contributed by atoms with Gasteiger partial charge in [-0.15, -0.1) is 0 Å². The number of amides is 2. The first kappa shape index (κ1) is 27.7. The molecule has 2 aromatic carbocycles. The number of nitrogens with one attached hydrogen (secondary N) is 2. The molecule has 7 nitrogen and oxygen atoms in total. The molecule has 0 aliphatic heterocycles. The summed E-state index contributed by atoms with van der Waals surface area (Å²) in [6.07, 6.45) is 1.66. The Balaban J connectivity index is 1.95. The fourth-order valence-electron chi connectivity index (χ4n) is 3.13. The fourth-order valence-corrected chi connectivity index (χ4v) is 3.53. The zero-order valence-electron chi connectivity index (χ0n) is 20.7. The van der Waals surface area contributed by atoms with Gasteiger partial charge in [0.2, 0.25) is 5.91 Å². The van der Waals surface area contributed by atoms with Crippen LogP contribution in [0.3, 0.4) is 0 Å². The molecule has 0 heterocycles. The summed E-state index contributed by atoms with van der Waals surface area (Å²) < 4.78 is 12.1. The van der Waals surface area contributed by atoms with Gasteiger partial charge in [0.25, 0.3) is 0 Å². The molecule has 0 bridgehead atoms. The molecular formula is C26H36BrN3O4. The SMILES string of the molecule is CN(C)CCCC[C@H](NC(=O)OC(C)(C)C)C(=O)Nc1ccc(COc2ccccc2Br)cc1. The zero-order valence-corrected chi connectivity index (χ0v) is 22.3. The van der Waals surface area contributed by atoms with Gasteiger partial charge in [0.15, 0.2) is 0 Å². The molecular weight excluding hydrogens is 498 g/mol. The molecule has 0 unspecified atom stereocenters. The number of hydrogen-bond acceptors (Lipinski definition) is 5. The Bertz CT molecular complexity index is 926. The van der Waals surface area contributed by atoms with Crippen LogP contribution in [-0.4, -0.2) is 49.2 Å². The minimum absolute atomic E-state index is 0.270. The lowest BCUT2D eigenvalue weighted by atomic mass is 10.1. The highest BCUT2D eigenvalue weighted by Crippen LogP contribution is 2.25. The van der Waals surface area contributed by atoms with E-state index in [2.05, 4.69) is 31.5 Å². The van der Waals surface area contributed by atoms with E-state index in [0.717, 1.165) is 35.2 Å². The summed E-state index contributed by atoms with van der Waals surface area (Å²) >= 11 is 3.47. The molecule has 186 valence electrons. The first-order valence-corrected chi connectivity index (χ1v) is 12.2. The standard InChI is InChI=1S/C26H36BrN3O4/c1-26(2,3)34-25(32)29-22(11-8-9-17-30(4)5)24(31)28-20-15-13-19(14-16-20)18-33-23-12-7-6-10-21(23)27/h6-7,10,12-16,22H,8-9,11,17-18H2,1-5H3,(H,28,31)(H,29,32)/t22-/m0/s1. The van der Waals surface area contributed by atoms with E-state index in [1.807, 2.05) is 62.6 Å². The van der Waals surface area contributed by atoms with Crippen molar-refractivity contribution in [2.45, 2.75) is 58.3 Å². The molecule has 0 spiro atoms. The quantitative estimate of drug-likeness (QED) is 0.368. The number of para-hydroxylation sites is 1. The summed E-state index contributed by atoms with van der Waals surface area (Å²) in [6, 6.07) is 14.4. The van der Waals surface area contributed by atoms with Gasteiger partial charge in [0.05, 0.1) is 4.47 Å². The van der Waals surface area contributed by atoms with Crippen LogP contribution in [0.4, 0.5) is 10.5 Å². The fraction of sp³-hybridized carbons (Fsp3) is 0.462. The van der Waals surface area contributed by atoms with Crippen LogP contribution in [0.1, 0.15) is 45.6 Å². The van der Waals surface area contributed by atoms with E-state index >= 15 is 0 Å². The molecule has 1 atom stereocenters. The third kappa shape index (κ3) is 10.6. The van der Waals surface area contributed by atoms with Gasteiger partial charge in [0.1, 0.15) is 24.0 Å². The van der Waals surface area contributed by atoms with Crippen LogP contribution < -0.4 is 15.4 Å². The molecule has 0 saturated heterocycles. The predicted octanol–water partition coefficient (Wildman–Crippen LogP) is 5.59. The Morgan fingerprint density at radius 3 is 2.32 bits per heavy atom. The minimum Gasteiger partial charge on any atom is -0.488 e. The summed E-state index contributed by atoms with van der Waals surface area (Å²) in [5.41, 5.74) is 0.989. The van der Waals surface area contributed by atoms with Gasteiger partial charge >= 0.3 is 6.09 Å². The molecule has 34 heavy (non-hydrogen) atoms. The minimum atomic E-state index is -0.685. The zero-order chi connectivity index (χ0) is 25.1. The van der Waals surface area contributed by atoms with Crippen LogP contribution in [0.15, 0.2) is 53.0 Å². The Kier molecular flexibility index (Phi) is 10.9. The van der Waals surface area contributed by atoms with Crippen LogP contribution >= 0.6 is 15.9 Å². The molecule has 2 aromatic rings. The Morgan fingerprint density at radius 1 is 1.03 bits per heavy atom. The van der Waals surface area contributed by atoms with Crippen LogP contribution in [-0.2, 0) is 16.1 Å². The monoisotopic (exact) mass is 533 g/mol. The summed E-state index contributed by atoms with van der Waals surface area (Å²) in [7, 11) is 4.02. The highest BCUT2D eigenvalue weighted by atomic mass is 79.9. The number of alkyl carbamates (subject to hydrolysis) is 1. The molecule has 0 aliphatic rings. The van der Waals surface area contributed by atoms with Gasteiger partial charge < -0.3 is 25.0 Å². The average Bonchev–Trinajstić information content (AvgIpc) is 2.75. The summed E-state index contributed by atoms with van der Waals surface area (Å²) in [5.74, 6) is 0.498. The van der Waals surface area contributed by atoms with Gasteiger partial charge in [-0.2, -0.15) is 0 Å². The lowest BCUT2D eigenvalue weighted by molar-refractivity contribution is -0.118. The van der Waals surface area contributed by atoms with E-state index in [9.17, 15) is 9.59 Å². The first-order valence-electron chi connectivity index (χ1n) is 11.4. The number of carbonyl (C=O) groups is 2. The van der Waals surface area contributed by atoms with Crippen molar-refractivity contribution in [1.82, 2.24) is 10.2 Å². The molecule has 2 amide bonds. The van der Waals surface area contributed by atoms with Crippen molar-refractivity contribution in [2.75, 3.05) is 26.0 Å². The number of ether oxygens (including phenoxy) is 2. The lowest BCUT2D eigenvalue weighted by Gasteiger charge is -2.23. The number of halogens is 1. The summed E-state index contributed by atoms with van der Waals surface area (Å²) in [6.45, 7) is 6.71. The molecule has 0 aliphatic carbocycles. The van der Waals surface area contributed by atoms with E-state index in [4.69, 9.17) is 9.47 Å². The maximum absolute atomic E-state index is 13.0. The maximum Gasteiger partial charge on any atom is 0.408 e. The van der Waals surface area contributed by atoms with Crippen LogP contribution in [0.2, 0.25) is 0 Å². The van der Waals surface area contributed by atoms with Gasteiger partial charge in [0, 0.05) is 5.69 Å². The van der Waals surface area contributed by atoms with E-state index in [1.165, 1.54) is 0 Å². The van der Waals surface area contributed by atoms with E-state index < -0.39 is 17.7 Å². The normalized spacial score (nSPS) is 12.2. The molecule has 8 heteroatoms. The van der Waals surface area contributed by atoms with Crippen molar-refractivity contribution >= 4 is 33.6 Å². The van der Waals surface area contributed by atoms with Crippen molar-refractivity contribution in [1.29, 1.82) is 0 Å².